The third-order valence-corrected chi connectivity index (χ3v) is 5.97. The third-order valence-electron chi connectivity index (χ3n) is 5.97. The van der Waals surface area contributed by atoms with Gasteiger partial charge in [0.15, 0.2) is 0 Å². The van der Waals surface area contributed by atoms with Crippen molar-refractivity contribution < 1.29 is 14.3 Å². The largest absolute Gasteiger partial charge is 0.383 e. The van der Waals surface area contributed by atoms with Crippen molar-refractivity contribution in [1.82, 2.24) is 10.6 Å². The predicted octanol–water partition coefficient (Wildman–Crippen LogP) is 2.45. The fourth-order valence-electron chi connectivity index (χ4n) is 3.79. The molecule has 1 aliphatic heterocycles. The van der Waals surface area contributed by atoms with Gasteiger partial charge in [0.1, 0.15) is 0 Å². The molecule has 5 nitrogen and oxygen atoms in total. The molecule has 2 N–H and O–H groups in total. The molecule has 0 aromatic rings. The van der Waals surface area contributed by atoms with Crippen molar-refractivity contribution >= 4 is 6.03 Å². The SMILES string of the molecule is COCC(NC(=O)NCCC1CC2(CCC2)CO1)C1(C)CC1. The first-order valence-corrected chi connectivity index (χ1v) is 8.70. The summed E-state index contributed by atoms with van der Waals surface area (Å²) < 4.78 is 11.1. The first kappa shape index (κ1) is 16.1. The maximum absolute atomic E-state index is 12.1. The minimum absolute atomic E-state index is 0.0773. The van der Waals surface area contributed by atoms with Crippen LogP contribution < -0.4 is 10.6 Å². The first-order valence-electron chi connectivity index (χ1n) is 8.70. The molecular formula is C17H30N2O3. The van der Waals surface area contributed by atoms with Gasteiger partial charge in [-0.2, -0.15) is 0 Å². The Kier molecular flexibility index (Phi) is 4.64. The molecule has 5 heteroatoms. The number of carbonyl (C=O) groups is 1. The van der Waals surface area contributed by atoms with Gasteiger partial charge in [0.2, 0.25) is 0 Å². The normalized spacial score (nSPS) is 28.9. The Morgan fingerprint density at radius 1 is 1.36 bits per heavy atom. The van der Waals surface area contributed by atoms with E-state index in [9.17, 15) is 4.79 Å². The topological polar surface area (TPSA) is 59.6 Å². The number of carbonyl (C=O) groups excluding carboxylic acids is 1. The maximum Gasteiger partial charge on any atom is 0.315 e. The molecule has 2 atom stereocenters. The van der Waals surface area contributed by atoms with Gasteiger partial charge in [0, 0.05) is 13.7 Å². The number of amides is 2. The molecule has 1 saturated heterocycles. The number of methoxy groups -OCH3 is 1. The van der Waals surface area contributed by atoms with E-state index in [1.165, 1.54) is 38.5 Å². The molecule has 1 spiro atoms. The molecule has 2 saturated carbocycles. The molecule has 2 unspecified atom stereocenters. The van der Waals surface area contributed by atoms with E-state index < -0.39 is 0 Å². The summed E-state index contributed by atoms with van der Waals surface area (Å²) in [7, 11) is 1.69. The molecule has 0 bridgehead atoms. The Bertz CT molecular complexity index is 405. The highest BCUT2D eigenvalue weighted by Gasteiger charge is 2.46. The first-order chi connectivity index (χ1) is 10.6. The molecule has 1 heterocycles. The smallest absolute Gasteiger partial charge is 0.315 e. The van der Waals surface area contributed by atoms with Gasteiger partial charge in [0.25, 0.3) is 0 Å². The van der Waals surface area contributed by atoms with E-state index >= 15 is 0 Å². The van der Waals surface area contributed by atoms with Gasteiger partial charge in [-0.25, -0.2) is 4.79 Å². The lowest BCUT2D eigenvalue weighted by atomic mass is 9.67. The standard InChI is InChI=1S/C17H30N2O3/c1-16(7-8-16)14(11-21-2)19-15(20)18-9-4-13-10-17(12-22-13)5-3-6-17/h13-14H,3-12H2,1-2H3,(H2,18,19,20). The van der Waals surface area contributed by atoms with Gasteiger partial charge in [-0.15, -0.1) is 0 Å². The van der Waals surface area contributed by atoms with Gasteiger partial charge in [-0.1, -0.05) is 13.3 Å². The highest BCUT2D eigenvalue weighted by atomic mass is 16.5. The van der Waals surface area contributed by atoms with Crippen molar-refractivity contribution in [2.24, 2.45) is 10.8 Å². The highest BCUT2D eigenvalue weighted by Crippen LogP contribution is 2.49. The van der Waals surface area contributed by atoms with Crippen molar-refractivity contribution in [3.8, 4) is 0 Å². The quantitative estimate of drug-likeness (QED) is 0.759. The minimum atomic E-state index is -0.0773. The fourth-order valence-corrected chi connectivity index (χ4v) is 3.79. The zero-order valence-corrected chi connectivity index (χ0v) is 14.0. The van der Waals surface area contributed by atoms with Crippen LogP contribution in [0.1, 0.15) is 51.9 Å². The summed E-state index contributed by atoms with van der Waals surface area (Å²) in [5, 5.41) is 6.04. The molecule has 2 aliphatic carbocycles. The number of hydrogen-bond acceptors (Lipinski definition) is 3. The van der Waals surface area contributed by atoms with Gasteiger partial charge in [-0.05, 0) is 49.4 Å². The molecule has 0 radical (unpaired) electrons. The Morgan fingerprint density at radius 2 is 2.14 bits per heavy atom. The fraction of sp³-hybridized carbons (Fsp3) is 0.941. The van der Waals surface area contributed by atoms with Gasteiger partial charge >= 0.3 is 6.03 Å². The molecule has 22 heavy (non-hydrogen) atoms. The van der Waals surface area contributed by atoms with E-state index in [1.807, 2.05) is 0 Å². The Hall–Kier alpha value is -0.810. The molecule has 3 rings (SSSR count). The van der Waals surface area contributed by atoms with E-state index in [-0.39, 0.29) is 17.5 Å². The Labute approximate surface area is 133 Å². The van der Waals surface area contributed by atoms with Crippen molar-refractivity contribution in [2.75, 3.05) is 26.9 Å². The predicted molar refractivity (Wildman–Crippen MR) is 84.8 cm³/mol. The van der Waals surface area contributed by atoms with Crippen LogP contribution in [0.2, 0.25) is 0 Å². The summed E-state index contributed by atoms with van der Waals surface area (Å²) in [4.78, 5) is 12.1. The summed E-state index contributed by atoms with van der Waals surface area (Å²) in [5.74, 6) is 0. The number of ether oxygens (including phenoxy) is 2. The van der Waals surface area contributed by atoms with Crippen LogP contribution in [-0.4, -0.2) is 45.0 Å². The zero-order chi connectivity index (χ0) is 15.6. The van der Waals surface area contributed by atoms with Crippen LogP contribution in [0, 0.1) is 10.8 Å². The van der Waals surface area contributed by atoms with Gasteiger partial charge < -0.3 is 20.1 Å². The summed E-state index contributed by atoms with van der Waals surface area (Å²) in [5.41, 5.74) is 0.718. The molecule has 3 fully saturated rings. The van der Waals surface area contributed by atoms with E-state index in [0.717, 1.165) is 13.0 Å². The summed E-state index contributed by atoms with van der Waals surface area (Å²) in [6, 6.07) is 0.0324. The molecule has 3 aliphatic rings. The van der Waals surface area contributed by atoms with Crippen LogP contribution in [0.4, 0.5) is 4.79 Å². The lowest BCUT2D eigenvalue weighted by Gasteiger charge is -2.36. The second-order valence-corrected chi connectivity index (χ2v) is 7.84. The van der Waals surface area contributed by atoms with Crippen molar-refractivity contribution in [2.45, 2.75) is 64.0 Å². The van der Waals surface area contributed by atoms with E-state index in [2.05, 4.69) is 17.6 Å². The molecule has 126 valence electrons. The van der Waals surface area contributed by atoms with Gasteiger partial charge in [-0.3, -0.25) is 0 Å². The van der Waals surface area contributed by atoms with Crippen LogP contribution in [0.5, 0.6) is 0 Å². The van der Waals surface area contributed by atoms with Crippen LogP contribution in [-0.2, 0) is 9.47 Å². The molecule has 0 aromatic heterocycles. The molecule has 2 amide bonds. The Balaban J connectivity index is 1.34. The number of rotatable bonds is 7. The van der Waals surface area contributed by atoms with Gasteiger partial charge in [0.05, 0.1) is 25.4 Å². The average molecular weight is 310 g/mol. The molecule has 0 aromatic carbocycles. The monoisotopic (exact) mass is 310 g/mol. The number of hydrogen-bond donors (Lipinski definition) is 2. The van der Waals surface area contributed by atoms with Crippen LogP contribution in [0.3, 0.4) is 0 Å². The van der Waals surface area contributed by atoms with Crippen molar-refractivity contribution in [3.63, 3.8) is 0 Å². The summed E-state index contributed by atoms with van der Waals surface area (Å²) >= 11 is 0. The van der Waals surface area contributed by atoms with E-state index in [0.29, 0.717) is 24.7 Å². The van der Waals surface area contributed by atoms with E-state index in [1.54, 1.807) is 7.11 Å². The molecular weight excluding hydrogens is 280 g/mol. The van der Waals surface area contributed by atoms with Crippen LogP contribution in [0.15, 0.2) is 0 Å². The lowest BCUT2D eigenvalue weighted by molar-refractivity contribution is 0.0664. The van der Waals surface area contributed by atoms with Crippen molar-refractivity contribution in [3.05, 3.63) is 0 Å². The second kappa shape index (κ2) is 6.36. The summed E-state index contributed by atoms with van der Waals surface area (Å²) in [6.45, 7) is 4.40. The van der Waals surface area contributed by atoms with Crippen LogP contribution >= 0.6 is 0 Å². The minimum Gasteiger partial charge on any atom is -0.383 e. The third kappa shape index (κ3) is 3.57. The second-order valence-electron chi connectivity index (χ2n) is 7.84. The maximum atomic E-state index is 12.1. The zero-order valence-electron chi connectivity index (χ0n) is 14.0. The summed E-state index contributed by atoms with van der Waals surface area (Å²) in [6.07, 6.45) is 8.77. The number of urea groups is 1. The van der Waals surface area contributed by atoms with Crippen molar-refractivity contribution in [1.29, 1.82) is 0 Å². The average Bonchev–Trinajstić information content (AvgIpc) is 3.04. The lowest BCUT2D eigenvalue weighted by Crippen LogP contribution is -2.48. The number of nitrogens with one attached hydrogen (secondary N) is 2. The highest BCUT2D eigenvalue weighted by molar-refractivity contribution is 5.74. The Morgan fingerprint density at radius 3 is 2.68 bits per heavy atom. The van der Waals surface area contributed by atoms with Crippen LogP contribution in [0.25, 0.3) is 0 Å². The van der Waals surface area contributed by atoms with E-state index in [4.69, 9.17) is 9.47 Å².